The summed E-state index contributed by atoms with van der Waals surface area (Å²) in [4.78, 5) is 12.8. The fourth-order valence-corrected chi connectivity index (χ4v) is 1.46. The van der Waals surface area contributed by atoms with Crippen LogP contribution in [0, 0.1) is 0 Å². The van der Waals surface area contributed by atoms with Gasteiger partial charge in [0.1, 0.15) is 0 Å². The number of nitrogens with two attached hydrogens (primary N) is 1. The van der Waals surface area contributed by atoms with Gasteiger partial charge in [-0.25, -0.2) is 0 Å². The summed E-state index contributed by atoms with van der Waals surface area (Å²) in [5.41, 5.74) is 5.55. The van der Waals surface area contributed by atoms with Crippen LogP contribution >= 0.6 is 11.8 Å². The van der Waals surface area contributed by atoms with Crippen LogP contribution in [0.1, 0.15) is 18.9 Å². The maximum absolute atomic E-state index is 11.2. The summed E-state index contributed by atoms with van der Waals surface area (Å²) in [7, 11) is 3.40. The molecular formula is C8H14N4O2S. The summed E-state index contributed by atoms with van der Waals surface area (Å²) in [5.74, 6) is 0.670. The topological polar surface area (TPSA) is 85.2 Å². The molecule has 0 radical (unpaired) electrons. The van der Waals surface area contributed by atoms with E-state index >= 15 is 0 Å². The zero-order chi connectivity index (χ0) is 11.4. The molecule has 0 aliphatic carbocycles. The number of rotatable bonds is 4. The summed E-state index contributed by atoms with van der Waals surface area (Å²) in [6.45, 7) is 1.76. The van der Waals surface area contributed by atoms with Gasteiger partial charge >= 0.3 is 0 Å². The van der Waals surface area contributed by atoms with Gasteiger partial charge in [0, 0.05) is 14.1 Å². The summed E-state index contributed by atoms with van der Waals surface area (Å²) in [6, 6.07) is -0.281. The van der Waals surface area contributed by atoms with Gasteiger partial charge in [0.15, 0.2) is 0 Å². The van der Waals surface area contributed by atoms with E-state index in [-0.39, 0.29) is 17.7 Å². The second kappa shape index (κ2) is 5.13. The maximum atomic E-state index is 11.2. The lowest BCUT2D eigenvalue weighted by Crippen LogP contribution is -2.23. The third-order valence-corrected chi connectivity index (χ3v) is 2.43. The van der Waals surface area contributed by atoms with Crippen LogP contribution in [0.5, 0.6) is 0 Å². The number of aromatic nitrogens is 2. The van der Waals surface area contributed by atoms with E-state index in [1.807, 2.05) is 0 Å². The van der Waals surface area contributed by atoms with E-state index in [0.29, 0.717) is 11.1 Å². The molecule has 1 atom stereocenters. The molecular weight excluding hydrogens is 216 g/mol. The summed E-state index contributed by atoms with van der Waals surface area (Å²) in [5, 5.41) is 7.89. The van der Waals surface area contributed by atoms with E-state index in [9.17, 15) is 4.79 Å². The van der Waals surface area contributed by atoms with Crippen LogP contribution in [0.25, 0.3) is 0 Å². The number of amides is 1. The molecule has 15 heavy (non-hydrogen) atoms. The van der Waals surface area contributed by atoms with Crippen molar-refractivity contribution in [2.75, 3.05) is 19.8 Å². The summed E-state index contributed by atoms with van der Waals surface area (Å²) >= 11 is 1.21. The highest BCUT2D eigenvalue weighted by Crippen LogP contribution is 2.18. The van der Waals surface area contributed by atoms with E-state index in [0.717, 1.165) is 0 Å². The van der Waals surface area contributed by atoms with Gasteiger partial charge in [0.05, 0.1) is 11.8 Å². The van der Waals surface area contributed by atoms with Gasteiger partial charge in [0.25, 0.3) is 5.22 Å². The molecule has 0 saturated heterocycles. The molecule has 6 nitrogen and oxygen atoms in total. The predicted octanol–water partition coefficient (Wildman–Crippen LogP) is 0.270. The molecule has 0 fully saturated rings. The first-order valence-corrected chi connectivity index (χ1v) is 5.41. The molecule has 1 heterocycles. The maximum Gasteiger partial charge on any atom is 0.277 e. The van der Waals surface area contributed by atoms with Gasteiger partial charge in [-0.2, -0.15) is 0 Å². The largest absolute Gasteiger partial charge is 0.414 e. The molecule has 0 unspecified atom stereocenters. The number of carbonyl (C=O) groups excluding carboxylic acids is 1. The van der Waals surface area contributed by atoms with Gasteiger partial charge < -0.3 is 15.1 Å². The second-order valence-corrected chi connectivity index (χ2v) is 4.20. The van der Waals surface area contributed by atoms with Crippen molar-refractivity contribution in [1.29, 1.82) is 0 Å². The number of carbonyl (C=O) groups is 1. The molecule has 1 amide bonds. The number of hydrogen-bond donors (Lipinski definition) is 1. The molecule has 1 rings (SSSR count). The van der Waals surface area contributed by atoms with Crippen LogP contribution in [0.2, 0.25) is 0 Å². The average molecular weight is 230 g/mol. The van der Waals surface area contributed by atoms with Gasteiger partial charge in [-0.15, -0.1) is 10.2 Å². The minimum Gasteiger partial charge on any atom is -0.414 e. The Kier molecular flexibility index (Phi) is 4.10. The highest BCUT2D eigenvalue weighted by molar-refractivity contribution is 7.99. The third-order valence-electron chi connectivity index (χ3n) is 1.63. The third kappa shape index (κ3) is 3.52. The van der Waals surface area contributed by atoms with Crippen molar-refractivity contribution in [2.45, 2.75) is 18.2 Å². The minimum atomic E-state index is -0.281. The smallest absolute Gasteiger partial charge is 0.277 e. The van der Waals surface area contributed by atoms with Crippen LogP contribution in [-0.4, -0.2) is 40.9 Å². The standard InChI is InChI=1S/C8H14N4O2S/c1-5(9)7-10-11-8(14-7)15-4-6(13)12(2)3/h5H,4,9H2,1-3H3/t5-/m0/s1. The first-order valence-electron chi connectivity index (χ1n) is 4.42. The number of thioether (sulfide) groups is 1. The Hall–Kier alpha value is -1.08. The highest BCUT2D eigenvalue weighted by atomic mass is 32.2. The van der Waals surface area contributed by atoms with Crippen molar-refractivity contribution in [3.8, 4) is 0 Å². The Bertz CT molecular complexity index is 337. The molecule has 0 bridgehead atoms. The van der Waals surface area contributed by atoms with Crippen LogP contribution in [0.4, 0.5) is 0 Å². The van der Waals surface area contributed by atoms with Gasteiger partial charge in [0.2, 0.25) is 11.8 Å². The average Bonchev–Trinajstić information content (AvgIpc) is 2.62. The molecule has 0 aliphatic heterocycles. The Morgan fingerprint density at radius 3 is 2.73 bits per heavy atom. The van der Waals surface area contributed by atoms with Crippen LogP contribution in [0.15, 0.2) is 9.64 Å². The fourth-order valence-electron chi connectivity index (χ4n) is 0.715. The lowest BCUT2D eigenvalue weighted by molar-refractivity contribution is -0.125. The van der Waals surface area contributed by atoms with Crippen LogP contribution < -0.4 is 5.73 Å². The van der Waals surface area contributed by atoms with Gasteiger partial charge in [-0.1, -0.05) is 11.8 Å². The molecule has 1 aromatic rings. The van der Waals surface area contributed by atoms with Crippen molar-refractivity contribution in [3.05, 3.63) is 5.89 Å². The van der Waals surface area contributed by atoms with Crippen molar-refractivity contribution in [3.63, 3.8) is 0 Å². The summed E-state index contributed by atoms with van der Waals surface area (Å²) in [6.07, 6.45) is 0. The SMILES string of the molecule is C[C@H](N)c1nnc(SCC(=O)N(C)C)o1. The van der Waals surface area contributed by atoms with Crippen LogP contribution in [-0.2, 0) is 4.79 Å². The van der Waals surface area contributed by atoms with Crippen molar-refractivity contribution in [1.82, 2.24) is 15.1 Å². The number of hydrogen-bond acceptors (Lipinski definition) is 6. The first kappa shape index (κ1) is 12.0. The zero-order valence-electron chi connectivity index (χ0n) is 8.93. The lowest BCUT2D eigenvalue weighted by atomic mass is 10.4. The Morgan fingerprint density at radius 1 is 1.60 bits per heavy atom. The van der Waals surface area contributed by atoms with Crippen molar-refractivity contribution < 1.29 is 9.21 Å². The molecule has 1 aromatic heterocycles. The normalized spacial score (nSPS) is 12.5. The predicted molar refractivity (Wildman–Crippen MR) is 56.3 cm³/mol. The monoisotopic (exact) mass is 230 g/mol. The zero-order valence-corrected chi connectivity index (χ0v) is 9.74. The van der Waals surface area contributed by atoms with Crippen molar-refractivity contribution >= 4 is 17.7 Å². The highest BCUT2D eigenvalue weighted by Gasteiger charge is 2.12. The van der Waals surface area contributed by atoms with E-state index in [1.54, 1.807) is 21.0 Å². The van der Waals surface area contributed by atoms with Crippen LogP contribution in [0.3, 0.4) is 0 Å². The molecule has 0 saturated carbocycles. The Labute approximate surface area is 92.2 Å². The lowest BCUT2D eigenvalue weighted by Gasteiger charge is -2.07. The van der Waals surface area contributed by atoms with Crippen molar-refractivity contribution in [2.24, 2.45) is 5.73 Å². The Balaban J connectivity index is 2.48. The molecule has 0 aromatic carbocycles. The van der Waals surface area contributed by atoms with Gasteiger partial charge in [-0.05, 0) is 6.92 Å². The van der Waals surface area contributed by atoms with E-state index in [1.165, 1.54) is 16.7 Å². The molecule has 84 valence electrons. The molecule has 2 N–H and O–H groups in total. The minimum absolute atomic E-state index is 0.000506. The second-order valence-electron chi connectivity index (χ2n) is 3.27. The van der Waals surface area contributed by atoms with E-state index in [2.05, 4.69) is 10.2 Å². The van der Waals surface area contributed by atoms with E-state index in [4.69, 9.17) is 10.2 Å². The van der Waals surface area contributed by atoms with Gasteiger partial charge in [-0.3, -0.25) is 4.79 Å². The number of nitrogens with zero attached hydrogens (tertiary/aromatic N) is 3. The molecule has 7 heteroatoms. The first-order chi connectivity index (χ1) is 7.00. The van der Waals surface area contributed by atoms with E-state index < -0.39 is 0 Å². The quantitative estimate of drug-likeness (QED) is 0.747. The Morgan fingerprint density at radius 2 is 2.27 bits per heavy atom. The molecule has 0 spiro atoms. The fraction of sp³-hybridized carbons (Fsp3) is 0.625. The summed E-state index contributed by atoms with van der Waals surface area (Å²) < 4.78 is 5.22. The molecule has 0 aliphatic rings.